The summed E-state index contributed by atoms with van der Waals surface area (Å²) in [7, 11) is 0. The molecular formula is C13H9ClN2O3. The fourth-order valence-corrected chi connectivity index (χ4v) is 1.72. The van der Waals surface area contributed by atoms with Gasteiger partial charge in [0.1, 0.15) is 11.8 Å². The maximum absolute atomic E-state index is 10.9. The second-order valence-electron chi connectivity index (χ2n) is 3.73. The molecule has 6 heteroatoms. The third-order valence-corrected chi connectivity index (χ3v) is 2.76. The molecule has 0 amide bonds. The molecule has 0 radical (unpaired) electrons. The minimum absolute atomic E-state index is 0.0313. The summed E-state index contributed by atoms with van der Waals surface area (Å²) in [6, 6.07) is 9.76. The van der Waals surface area contributed by atoms with Crippen LogP contribution < -0.4 is 5.32 Å². The summed E-state index contributed by atoms with van der Waals surface area (Å²) in [4.78, 5) is 10.9. The molecule has 1 aromatic heterocycles. The molecular weight excluding hydrogens is 268 g/mol. The van der Waals surface area contributed by atoms with E-state index in [4.69, 9.17) is 26.4 Å². The molecule has 1 heterocycles. The highest BCUT2D eigenvalue weighted by Crippen LogP contribution is 2.21. The lowest BCUT2D eigenvalue weighted by Crippen LogP contribution is -2.02. The number of hydrogen-bond donors (Lipinski definition) is 2. The number of nitrogens with zero attached hydrogens (tertiary/aromatic N) is 1. The minimum Gasteiger partial charge on any atom is -0.478 e. The number of carboxylic acid groups (broad SMARTS) is 1. The first-order valence-corrected chi connectivity index (χ1v) is 5.73. The molecule has 19 heavy (non-hydrogen) atoms. The van der Waals surface area contributed by atoms with Crippen molar-refractivity contribution in [2.24, 2.45) is 0 Å². The smallest absolute Gasteiger partial charge is 0.337 e. The molecule has 1 aromatic carbocycles. The van der Waals surface area contributed by atoms with Gasteiger partial charge in [0, 0.05) is 5.69 Å². The highest BCUT2D eigenvalue weighted by molar-refractivity contribution is 6.33. The Morgan fingerprint density at radius 3 is 2.84 bits per heavy atom. The van der Waals surface area contributed by atoms with Crippen LogP contribution in [0.5, 0.6) is 0 Å². The third-order valence-electron chi connectivity index (χ3n) is 2.44. The number of aromatic carboxylic acids is 1. The molecule has 96 valence electrons. The van der Waals surface area contributed by atoms with Crippen molar-refractivity contribution < 1.29 is 14.3 Å². The molecule has 2 N–H and O–H groups in total. The van der Waals surface area contributed by atoms with Gasteiger partial charge in [-0.05, 0) is 30.3 Å². The number of nitrogens with one attached hydrogen (secondary N) is 1. The van der Waals surface area contributed by atoms with E-state index < -0.39 is 5.97 Å². The van der Waals surface area contributed by atoms with Gasteiger partial charge in [-0.3, -0.25) is 0 Å². The minimum atomic E-state index is -1.08. The summed E-state index contributed by atoms with van der Waals surface area (Å²) in [5, 5.41) is 20.7. The van der Waals surface area contributed by atoms with Crippen molar-refractivity contribution in [2.45, 2.75) is 6.54 Å². The number of carbonyl (C=O) groups is 1. The van der Waals surface area contributed by atoms with Crippen LogP contribution in [0, 0.1) is 11.3 Å². The van der Waals surface area contributed by atoms with E-state index in [2.05, 4.69) is 5.32 Å². The van der Waals surface area contributed by atoms with Gasteiger partial charge in [0.05, 0.1) is 17.1 Å². The highest BCUT2D eigenvalue weighted by atomic mass is 35.5. The van der Waals surface area contributed by atoms with Gasteiger partial charge in [0.2, 0.25) is 5.76 Å². The third kappa shape index (κ3) is 3.06. The van der Waals surface area contributed by atoms with E-state index in [1.807, 2.05) is 6.07 Å². The maximum Gasteiger partial charge on any atom is 0.337 e. The average molecular weight is 277 g/mol. The molecule has 0 aliphatic rings. The number of rotatable bonds is 4. The quantitative estimate of drug-likeness (QED) is 0.896. The topological polar surface area (TPSA) is 86.3 Å². The Balaban J connectivity index is 2.09. The van der Waals surface area contributed by atoms with E-state index >= 15 is 0 Å². The van der Waals surface area contributed by atoms with Gasteiger partial charge in [-0.1, -0.05) is 11.6 Å². The monoisotopic (exact) mass is 276 g/mol. The Hall–Kier alpha value is -2.45. The molecule has 0 aliphatic carbocycles. The van der Waals surface area contributed by atoms with E-state index in [-0.39, 0.29) is 16.3 Å². The van der Waals surface area contributed by atoms with Crippen LogP contribution >= 0.6 is 11.6 Å². The predicted molar refractivity (Wildman–Crippen MR) is 69.2 cm³/mol. The summed E-state index contributed by atoms with van der Waals surface area (Å²) in [6.07, 6.45) is 0. The van der Waals surface area contributed by atoms with Crippen LogP contribution in [0.4, 0.5) is 5.69 Å². The van der Waals surface area contributed by atoms with Crippen LogP contribution in [0.2, 0.25) is 5.02 Å². The zero-order valence-electron chi connectivity index (χ0n) is 9.68. The fraction of sp³-hybridized carbons (Fsp3) is 0.0769. The zero-order chi connectivity index (χ0) is 13.8. The van der Waals surface area contributed by atoms with Crippen molar-refractivity contribution in [3.8, 4) is 6.07 Å². The van der Waals surface area contributed by atoms with Crippen molar-refractivity contribution >= 4 is 23.3 Å². The summed E-state index contributed by atoms with van der Waals surface area (Å²) in [5.41, 5.74) is 0.639. The predicted octanol–water partition coefficient (Wildman–Crippen LogP) is 3.11. The van der Waals surface area contributed by atoms with E-state index in [1.165, 1.54) is 12.1 Å². The molecule has 0 saturated carbocycles. The number of carboxylic acids is 1. The van der Waals surface area contributed by atoms with Crippen LogP contribution in [0.25, 0.3) is 0 Å². The molecule has 0 fully saturated rings. The van der Waals surface area contributed by atoms with Crippen molar-refractivity contribution in [3.05, 3.63) is 52.4 Å². The Morgan fingerprint density at radius 2 is 2.21 bits per heavy atom. The molecule has 0 saturated heterocycles. The fourth-order valence-electron chi connectivity index (χ4n) is 1.52. The van der Waals surface area contributed by atoms with Gasteiger partial charge in [-0.2, -0.15) is 5.26 Å². The Morgan fingerprint density at radius 1 is 1.42 bits per heavy atom. The summed E-state index contributed by atoms with van der Waals surface area (Å²) >= 11 is 5.77. The standard InChI is InChI=1S/C13H9ClN2O3/c14-12-4-1-8(5-11(12)13(17)18)16-7-10-3-2-9(6-15)19-10/h1-5,16H,7H2,(H,17,18). The lowest BCUT2D eigenvalue weighted by molar-refractivity contribution is 0.0697. The van der Waals surface area contributed by atoms with Crippen LogP contribution in [-0.4, -0.2) is 11.1 Å². The van der Waals surface area contributed by atoms with Crippen LogP contribution in [0.15, 0.2) is 34.7 Å². The number of furan rings is 1. The molecule has 2 aromatic rings. The van der Waals surface area contributed by atoms with Crippen molar-refractivity contribution in [2.75, 3.05) is 5.32 Å². The lowest BCUT2D eigenvalue weighted by atomic mass is 10.2. The second-order valence-corrected chi connectivity index (χ2v) is 4.14. The van der Waals surface area contributed by atoms with E-state index in [1.54, 1.807) is 18.2 Å². The first kappa shape index (κ1) is 13.0. The van der Waals surface area contributed by atoms with Gasteiger partial charge < -0.3 is 14.8 Å². The van der Waals surface area contributed by atoms with Crippen molar-refractivity contribution in [3.63, 3.8) is 0 Å². The van der Waals surface area contributed by atoms with Gasteiger partial charge >= 0.3 is 5.97 Å². The highest BCUT2D eigenvalue weighted by Gasteiger charge is 2.09. The first-order chi connectivity index (χ1) is 9.10. The molecule has 0 aliphatic heterocycles. The Bertz CT molecular complexity index is 658. The molecule has 0 unspecified atom stereocenters. The van der Waals surface area contributed by atoms with Crippen molar-refractivity contribution in [1.29, 1.82) is 5.26 Å². The largest absolute Gasteiger partial charge is 0.478 e. The number of nitriles is 1. The van der Waals surface area contributed by atoms with Gasteiger partial charge in [0.15, 0.2) is 0 Å². The number of hydrogen-bond acceptors (Lipinski definition) is 4. The molecule has 0 atom stereocenters. The summed E-state index contributed by atoms with van der Waals surface area (Å²) in [6.45, 7) is 0.350. The van der Waals surface area contributed by atoms with Crippen molar-refractivity contribution in [1.82, 2.24) is 0 Å². The average Bonchev–Trinajstić information content (AvgIpc) is 2.85. The van der Waals surface area contributed by atoms with Crippen LogP contribution in [-0.2, 0) is 6.54 Å². The van der Waals surface area contributed by atoms with Crippen LogP contribution in [0.1, 0.15) is 21.9 Å². The number of anilines is 1. The van der Waals surface area contributed by atoms with Crippen LogP contribution in [0.3, 0.4) is 0 Å². The van der Waals surface area contributed by atoms with E-state index in [0.29, 0.717) is 18.0 Å². The van der Waals surface area contributed by atoms with E-state index in [0.717, 1.165) is 0 Å². The van der Waals surface area contributed by atoms with E-state index in [9.17, 15) is 4.79 Å². The first-order valence-electron chi connectivity index (χ1n) is 5.35. The Labute approximate surface area is 114 Å². The lowest BCUT2D eigenvalue weighted by Gasteiger charge is -2.06. The summed E-state index contributed by atoms with van der Waals surface area (Å²) in [5.74, 6) is -0.263. The Kier molecular flexibility index (Phi) is 3.74. The number of halogens is 1. The molecule has 0 spiro atoms. The second kappa shape index (κ2) is 5.46. The normalized spacial score (nSPS) is 9.89. The van der Waals surface area contributed by atoms with Gasteiger partial charge in [0.25, 0.3) is 0 Å². The van der Waals surface area contributed by atoms with Gasteiger partial charge in [-0.15, -0.1) is 0 Å². The summed E-state index contributed by atoms with van der Waals surface area (Å²) < 4.78 is 5.19. The molecule has 2 rings (SSSR count). The zero-order valence-corrected chi connectivity index (χ0v) is 10.4. The maximum atomic E-state index is 10.9. The van der Waals surface area contributed by atoms with Gasteiger partial charge in [-0.25, -0.2) is 4.79 Å². The molecule has 0 bridgehead atoms. The molecule has 5 nitrogen and oxygen atoms in total. The SMILES string of the molecule is N#Cc1ccc(CNc2ccc(Cl)c(C(=O)O)c2)o1. The number of benzene rings is 1.